The van der Waals surface area contributed by atoms with Gasteiger partial charge in [-0.3, -0.25) is 0 Å². The van der Waals surface area contributed by atoms with Crippen LogP contribution in [0.3, 0.4) is 0 Å². The molecule has 9 rings (SSSR count). The monoisotopic (exact) mass is 922 g/mol. The summed E-state index contributed by atoms with van der Waals surface area (Å²) in [6.07, 6.45) is 0. The molecule has 0 aliphatic carbocycles. The normalized spacial score (nSPS) is 14.1. The molecule has 0 radical (unpaired) electrons. The first-order valence-electron chi connectivity index (χ1n) is 18.4. The van der Waals surface area contributed by atoms with E-state index in [0.29, 0.717) is 10.7 Å². The first-order chi connectivity index (χ1) is 32.6. The highest BCUT2D eigenvalue weighted by Crippen LogP contribution is 2.34. The predicted octanol–water partition coefficient (Wildman–Crippen LogP) is 4.78. The van der Waals surface area contributed by atoms with Gasteiger partial charge in [0.1, 0.15) is 57.8 Å². The van der Waals surface area contributed by atoms with E-state index >= 15 is 0 Å². The number of fused-ring (bicyclic) bond motifs is 3. The molecule has 0 atom stereocenters. The van der Waals surface area contributed by atoms with E-state index in [-0.39, 0.29) is 27.7 Å². The van der Waals surface area contributed by atoms with Crippen molar-refractivity contribution in [1.29, 1.82) is 26.3 Å². The summed E-state index contributed by atoms with van der Waals surface area (Å²) in [6, 6.07) is 19.3. The van der Waals surface area contributed by atoms with Gasteiger partial charge in [0.25, 0.3) is 0 Å². The van der Waals surface area contributed by atoms with Crippen molar-refractivity contribution in [2.75, 3.05) is 0 Å². The molecule has 0 spiro atoms. The van der Waals surface area contributed by atoms with E-state index in [0.717, 1.165) is 12.1 Å². The zero-order valence-corrected chi connectivity index (χ0v) is 32.7. The number of nitrogens with zero attached hydrogens (tertiary/aromatic N) is 14. The average molecular weight is 923 g/mol. The lowest BCUT2D eigenvalue weighted by Crippen LogP contribution is -2.26. The van der Waals surface area contributed by atoms with E-state index in [2.05, 4.69) is 44.9 Å². The van der Waals surface area contributed by atoms with Crippen LogP contribution in [-0.2, 0) is 0 Å². The van der Waals surface area contributed by atoms with E-state index in [4.69, 9.17) is 0 Å². The molecule has 0 saturated carbocycles. The number of allylic oxidation sites excluding steroid dienone is 3. The summed E-state index contributed by atoms with van der Waals surface area (Å²) in [7, 11) is 0. The third-order valence-electron chi connectivity index (χ3n) is 10.0. The van der Waals surface area contributed by atoms with Crippen molar-refractivity contribution in [2.24, 2.45) is 30.0 Å². The molecule has 68 heavy (non-hydrogen) atoms. The number of hydrogen-bond donors (Lipinski definition) is 0. The van der Waals surface area contributed by atoms with Gasteiger partial charge in [0, 0.05) is 11.1 Å². The first-order valence-corrected chi connectivity index (χ1v) is 18.4. The summed E-state index contributed by atoms with van der Waals surface area (Å²) in [5.74, 6) is -27.3. The molecule has 324 valence electrons. The number of rotatable bonds is 5. The van der Waals surface area contributed by atoms with E-state index < -0.39 is 137 Å². The van der Waals surface area contributed by atoms with Gasteiger partial charge in [-0.25, -0.2) is 88.8 Å². The number of aromatic nitrogens is 3. The van der Waals surface area contributed by atoms with Gasteiger partial charge in [-0.15, -0.1) is 0 Å². The van der Waals surface area contributed by atoms with Crippen LogP contribution in [0.25, 0.3) is 39.5 Å². The number of hydrogen-bond acceptors (Lipinski definition) is 14. The quantitative estimate of drug-likeness (QED) is 0.101. The van der Waals surface area contributed by atoms with Gasteiger partial charge in [0.15, 0.2) is 81.5 Å². The molecular formula is C44H8F10N14. The second kappa shape index (κ2) is 16.1. The zero-order chi connectivity index (χ0) is 48.5. The van der Waals surface area contributed by atoms with Crippen molar-refractivity contribution in [3.63, 3.8) is 0 Å². The molecular weight excluding hydrogens is 915 g/mol. The Bertz CT molecular complexity index is 3860. The summed E-state index contributed by atoms with van der Waals surface area (Å²) in [5.41, 5.74) is -7.55. The van der Waals surface area contributed by atoms with Crippen LogP contribution in [0.15, 0.2) is 95.9 Å². The van der Waals surface area contributed by atoms with Crippen LogP contribution in [0.2, 0.25) is 0 Å². The van der Waals surface area contributed by atoms with Gasteiger partial charge in [-0.05, 0) is 36.4 Å². The molecule has 0 fully saturated rings. The van der Waals surface area contributed by atoms with Crippen LogP contribution in [0.1, 0.15) is 28.1 Å². The first kappa shape index (κ1) is 43.1. The minimum Gasteiger partial charge on any atom is -0.226 e. The smallest absolute Gasteiger partial charge is 0.200 e. The molecule has 0 bridgehead atoms. The van der Waals surface area contributed by atoms with E-state index in [1.165, 1.54) is 24.3 Å². The fourth-order valence-corrected chi connectivity index (χ4v) is 6.91. The van der Waals surface area contributed by atoms with Crippen LogP contribution >= 0.6 is 0 Å². The van der Waals surface area contributed by atoms with Crippen molar-refractivity contribution in [3.8, 4) is 53.1 Å². The maximum absolute atomic E-state index is 14.9. The SMILES string of the molecule is N#CC(=C1N=c2ccccc2=N1)c1nc(-c2ccc3c(c2C#N)=N/C(=C(\C#N)c2c(F)c(F)c(F)c(F)c2F)N=3)nc(-c2ccc3c(c2C#N)=N/C(=C(\C#N)c2c(F)c(F)c(F)c(F)c2F)N=3)n1. The van der Waals surface area contributed by atoms with Crippen molar-refractivity contribution in [1.82, 2.24) is 15.0 Å². The summed E-state index contributed by atoms with van der Waals surface area (Å²) < 4.78 is 144. The maximum Gasteiger partial charge on any atom is 0.200 e. The van der Waals surface area contributed by atoms with Crippen molar-refractivity contribution in [2.45, 2.75) is 0 Å². The van der Waals surface area contributed by atoms with Crippen LogP contribution in [-0.4, -0.2) is 15.0 Å². The Hall–Kier alpha value is -10.1. The molecule has 3 aliphatic heterocycles. The second-order valence-corrected chi connectivity index (χ2v) is 13.7. The molecule has 0 amide bonds. The molecule has 0 saturated heterocycles. The summed E-state index contributed by atoms with van der Waals surface area (Å²) in [6.45, 7) is 0. The minimum atomic E-state index is -2.50. The molecule has 0 unspecified atom stereocenters. The summed E-state index contributed by atoms with van der Waals surface area (Å²) in [4.78, 5) is 38.0. The summed E-state index contributed by atoms with van der Waals surface area (Å²) >= 11 is 0. The third-order valence-corrected chi connectivity index (χ3v) is 10.0. The lowest BCUT2D eigenvalue weighted by Gasteiger charge is -2.09. The number of nitriles is 5. The van der Waals surface area contributed by atoms with E-state index in [9.17, 15) is 70.2 Å². The Balaban J connectivity index is 1.29. The molecule has 5 aromatic carbocycles. The Morgan fingerprint density at radius 2 is 0.706 bits per heavy atom. The average Bonchev–Trinajstić information content (AvgIpc) is 4.11. The van der Waals surface area contributed by atoms with Crippen LogP contribution in [0.4, 0.5) is 43.9 Å². The fraction of sp³-hybridized carbons (Fsp3) is 0. The van der Waals surface area contributed by atoms with Crippen molar-refractivity contribution >= 4 is 16.7 Å². The maximum atomic E-state index is 14.9. The standard InChI is InChI=1S/C44H8F10N14/c45-27-25(28(46)32(50)35(53)31(27)49)18(11-57)41-62-23-7-5-14(16(9-55)37(23)64-41)39-66-40(68-44(67-39)20(13-59)43-60-21-3-1-2-4-22(21)61-43)15-6-8-24-38(17(15)10-56)65-42(63-24)19(12-58)26-29(47)33(51)36(54)34(52)30(26)48/h1-8H/b41-18+,42-19+. The lowest BCUT2D eigenvalue weighted by atomic mass is 10.0. The summed E-state index contributed by atoms with van der Waals surface area (Å²) in [5, 5.41) is 50.6. The zero-order valence-electron chi connectivity index (χ0n) is 32.7. The van der Waals surface area contributed by atoms with Gasteiger partial charge < -0.3 is 0 Å². The number of benzene rings is 5. The van der Waals surface area contributed by atoms with Gasteiger partial charge in [-0.1, -0.05) is 12.1 Å². The molecule has 1 aromatic heterocycles. The molecule has 14 nitrogen and oxygen atoms in total. The third kappa shape index (κ3) is 6.50. The predicted molar refractivity (Wildman–Crippen MR) is 204 cm³/mol. The van der Waals surface area contributed by atoms with Crippen molar-refractivity contribution in [3.05, 3.63) is 184 Å². The number of para-hydroxylation sites is 2. The van der Waals surface area contributed by atoms with Gasteiger partial charge in [0.2, 0.25) is 11.6 Å². The molecule has 4 heterocycles. The molecule has 24 heteroatoms. The Labute approximate surface area is 368 Å². The van der Waals surface area contributed by atoms with E-state index in [1.54, 1.807) is 24.3 Å². The fourth-order valence-electron chi connectivity index (χ4n) is 6.91. The second-order valence-electron chi connectivity index (χ2n) is 13.7. The highest BCUT2D eigenvalue weighted by atomic mass is 19.2. The topological polar surface area (TPSA) is 232 Å². The van der Waals surface area contributed by atoms with Gasteiger partial charge in [-0.2, -0.15) is 26.3 Å². The van der Waals surface area contributed by atoms with Crippen LogP contribution < -0.4 is 32.1 Å². The highest BCUT2D eigenvalue weighted by molar-refractivity contribution is 5.82. The van der Waals surface area contributed by atoms with Crippen LogP contribution in [0, 0.1) is 115 Å². The number of halogens is 10. The van der Waals surface area contributed by atoms with Gasteiger partial charge in [0.05, 0.1) is 43.7 Å². The Morgan fingerprint density at radius 3 is 1.06 bits per heavy atom. The molecule has 3 aliphatic rings. The van der Waals surface area contributed by atoms with Crippen LogP contribution in [0.5, 0.6) is 0 Å². The Kier molecular flexibility index (Phi) is 10.2. The van der Waals surface area contributed by atoms with Crippen molar-refractivity contribution < 1.29 is 43.9 Å². The highest BCUT2D eigenvalue weighted by Gasteiger charge is 2.33. The lowest BCUT2D eigenvalue weighted by molar-refractivity contribution is 0.376. The minimum absolute atomic E-state index is 0.206. The largest absolute Gasteiger partial charge is 0.226 e. The molecule has 0 N–H and O–H groups in total. The molecule has 6 aromatic rings. The van der Waals surface area contributed by atoms with Gasteiger partial charge >= 0.3 is 0 Å². The van der Waals surface area contributed by atoms with E-state index in [1.807, 2.05) is 18.2 Å². The Morgan fingerprint density at radius 1 is 0.368 bits per heavy atom.